The van der Waals surface area contributed by atoms with Crippen molar-refractivity contribution in [1.29, 1.82) is 0 Å². The topological polar surface area (TPSA) is 533 Å². The van der Waals surface area contributed by atoms with Gasteiger partial charge in [0.25, 0.3) is 0 Å². The fourth-order valence-electron chi connectivity index (χ4n) is 7.35. The van der Waals surface area contributed by atoms with Crippen LogP contribution in [0.1, 0.15) is 57.1 Å². The highest BCUT2D eigenvalue weighted by Gasteiger charge is 2.36. The number of primary amides is 1. The van der Waals surface area contributed by atoms with E-state index in [-0.39, 0.29) is 12.8 Å². The van der Waals surface area contributed by atoms with Crippen molar-refractivity contribution in [3.63, 3.8) is 0 Å². The van der Waals surface area contributed by atoms with E-state index in [2.05, 4.69) is 26.6 Å². The van der Waals surface area contributed by atoms with Crippen LogP contribution in [0, 0.1) is 5.92 Å². The lowest BCUT2D eigenvalue weighted by molar-refractivity contribution is -0.144. The molecular formula is C50H66N12O21. The second-order valence-electron chi connectivity index (χ2n) is 18.5. The Morgan fingerprint density at radius 1 is 0.373 bits per heavy atom. The third-order valence-corrected chi connectivity index (χ3v) is 11.5. The van der Waals surface area contributed by atoms with Gasteiger partial charge in [-0.3, -0.25) is 76.7 Å². The van der Waals surface area contributed by atoms with Crippen LogP contribution >= 0.6 is 0 Å². The number of carbonyl (C=O) groups is 16. The van der Waals surface area contributed by atoms with E-state index in [9.17, 15) is 97.1 Å². The van der Waals surface area contributed by atoms with Gasteiger partial charge in [0, 0.05) is 12.8 Å². The van der Waals surface area contributed by atoms with Gasteiger partial charge in [-0.2, -0.15) is 0 Å². The number of aliphatic carboxylic acids is 5. The summed E-state index contributed by atoms with van der Waals surface area (Å²) in [7, 11) is 1.23. The van der Waals surface area contributed by atoms with Gasteiger partial charge < -0.3 is 89.8 Å². The summed E-state index contributed by atoms with van der Waals surface area (Å²) in [6, 6.07) is 2.45. The summed E-state index contributed by atoms with van der Waals surface area (Å²) in [6.07, 6.45) is -5.90. The third kappa shape index (κ3) is 26.6. The number of nitrogens with one attached hydrogen (secondary N) is 11. The lowest BCUT2D eigenvalue weighted by atomic mass is 10.00. The summed E-state index contributed by atoms with van der Waals surface area (Å²) in [4.78, 5) is 202. The fourth-order valence-corrected chi connectivity index (χ4v) is 7.35. The van der Waals surface area contributed by atoms with Crippen LogP contribution in [0.4, 0.5) is 0 Å². The Morgan fingerprint density at radius 2 is 0.663 bits per heavy atom. The van der Waals surface area contributed by atoms with Crippen LogP contribution in [0.25, 0.3) is 0 Å². The van der Waals surface area contributed by atoms with Crippen molar-refractivity contribution in [3.8, 4) is 0 Å². The molecule has 0 heterocycles. The average molecular weight is 1170 g/mol. The second kappa shape index (κ2) is 34.8. The highest BCUT2D eigenvalue weighted by molar-refractivity contribution is 6.00. The molecule has 452 valence electrons. The van der Waals surface area contributed by atoms with E-state index in [1.54, 1.807) is 74.5 Å². The summed E-state index contributed by atoms with van der Waals surface area (Å²) < 4.78 is 0. The maximum atomic E-state index is 14.2. The smallest absolute Gasteiger partial charge is 0.305 e. The van der Waals surface area contributed by atoms with Gasteiger partial charge >= 0.3 is 29.8 Å². The number of carbonyl (C=O) groups excluding carboxylic acids is 11. The number of rotatable bonds is 37. The Hall–Kier alpha value is -10.1. The first-order valence-corrected chi connectivity index (χ1v) is 25.1. The van der Waals surface area contributed by atoms with Gasteiger partial charge in [-0.15, -0.1) is 0 Å². The highest BCUT2D eigenvalue weighted by Crippen LogP contribution is 2.11. The van der Waals surface area contributed by atoms with Crippen LogP contribution in [0.5, 0.6) is 0 Å². The standard InChI is InChI=1S/C50H66N12O21/c1-24(2)42(43(51)76)62-50(83)29(15-26-12-8-5-9-13-26)58-46(79)28(14-25-10-6-4-7-11-25)57-48(81)32(19-40(72)73)61-49(82)33(20-41(74)75)60-47(80)31(18-39(70)71)56-36(65)23-54-34(63)21-53-35(64)22-55-44(77)30(17-38(68)69)59-45(78)27(52-3)16-37(66)67/h4-13,24,27-33,42,52H,14-23H2,1-3H3,(H2,51,76)(H,53,64)(H,54,63)(H,55,77)(H,56,65)(H,57,81)(H,58,79)(H,59,78)(H,60,80)(H,61,82)(H,62,83)(H,66,67)(H,68,69)(H,70,71)(H,72,73)(H,74,75). The molecule has 0 fully saturated rings. The van der Waals surface area contributed by atoms with Gasteiger partial charge in [-0.05, 0) is 24.1 Å². The second-order valence-corrected chi connectivity index (χ2v) is 18.5. The Bertz CT molecular complexity index is 2710. The van der Waals surface area contributed by atoms with Crippen molar-refractivity contribution in [2.45, 2.75) is 107 Å². The van der Waals surface area contributed by atoms with E-state index in [1.165, 1.54) is 7.05 Å². The summed E-state index contributed by atoms with van der Waals surface area (Å²) in [5.74, 6) is -21.4. The zero-order chi connectivity index (χ0) is 62.5. The van der Waals surface area contributed by atoms with E-state index in [4.69, 9.17) is 10.8 Å². The number of nitrogens with two attached hydrogens (primary N) is 1. The Morgan fingerprint density at radius 3 is 1.01 bits per heavy atom. The molecule has 0 aliphatic heterocycles. The van der Waals surface area contributed by atoms with E-state index in [1.807, 2.05) is 31.9 Å². The predicted molar refractivity (Wildman–Crippen MR) is 281 cm³/mol. The molecule has 11 amide bonds. The van der Waals surface area contributed by atoms with Crippen LogP contribution < -0.4 is 64.2 Å². The number of hydrogen-bond acceptors (Lipinski definition) is 17. The largest absolute Gasteiger partial charge is 0.481 e. The van der Waals surface area contributed by atoms with Gasteiger partial charge in [0.05, 0.1) is 57.8 Å². The molecule has 0 bridgehead atoms. The molecule has 0 saturated heterocycles. The Balaban J connectivity index is 2.23. The fraction of sp³-hybridized carbons (Fsp3) is 0.440. The normalized spacial score (nSPS) is 13.6. The van der Waals surface area contributed by atoms with E-state index in [0.29, 0.717) is 11.1 Å². The first kappa shape index (κ1) is 69.0. The minimum absolute atomic E-state index is 0.142. The van der Waals surface area contributed by atoms with Gasteiger partial charge in [0.15, 0.2) is 0 Å². The molecule has 0 aliphatic rings. The van der Waals surface area contributed by atoms with Gasteiger partial charge in [-0.25, -0.2) is 0 Å². The predicted octanol–water partition coefficient (Wildman–Crippen LogP) is -6.68. The molecule has 33 heteroatoms. The Labute approximate surface area is 471 Å². The summed E-state index contributed by atoms with van der Waals surface area (Å²) >= 11 is 0. The van der Waals surface area contributed by atoms with Crippen molar-refractivity contribution in [1.82, 2.24) is 58.5 Å². The zero-order valence-corrected chi connectivity index (χ0v) is 44.9. The summed E-state index contributed by atoms with van der Waals surface area (Å²) in [5, 5.41) is 71.0. The first-order chi connectivity index (χ1) is 39.0. The summed E-state index contributed by atoms with van der Waals surface area (Å²) in [5.41, 5.74) is 6.50. The van der Waals surface area contributed by atoms with E-state index >= 15 is 0 Å². The molecule has 33 nitrogen and oxygen atoms in total. The van der Waals surface area contributed by atoms with Gasteiger partial charge in [0.2, 0.25) is 65.0 Å². The number of hydrogen-bond donors (Lipinski definition) is 17. The molecule has 0 aliphatic carbocycles. The van der Waals surface area contributed by atoms with Crippen molar-refractivity contribution >= 4 is 94.8 Å². The minimum Gasteiger partial charge on any atom is -0.481 e. The van der Waals surface area contributed by atoms with Crippen LogP contribution in [0.3, 0.4) is 0 Å². The highest BCUT2D eigenvalue weighted by atomic mass is 16.4. The Kier molecular flexibility index (Phi) is 29.0. The number of likely N-dealkylation sites (N-methyl/N-ethyl adjacent to an activating group) is 1. The van der Waals surface area contributed by atoms with Crippen LogP contribution in [0.2, 0.25) is 0 Å². The molecule has 8 unspecified atom stereocenters. The first-order valence-electron chi connectivity index (χ1n) is 25.1. The monoisotopic (exact) mass is 1170 g/mol. The average Bonchev–Trinajstić information content (AvgIpc) is 3.55. The molecule has 0 spiro atoms. The molecule has 8 atom stereocenters. The zero-order valence-electron chi connectivity index (χ0n) is 44.9. The number of carboxylic acid groups (broad SMARTS) is 5. The lowest BCUT2D eigenvalue weighted by Crippen LogP contribution is -2.61. The quantitative estimate of drug-likeness (QED) is 0.0299. The van der Waals surface area contributed by atoms with Crippen molar-refractivity contribution in [2.24, 2.45) is 11.7 Å². The van der Waals surface area contributed by atoms with Crippen molar-refractivity contribution in [3.05, 3.63) is 71.8 Å². The third-order valence-electron chi connectivity index (χ3n) is 11.5. The maximum absolute atomic E-state index is 14.2. The lowest BCUT2D eigenvalue weighted by Gasteiger charge is -2.27. The SMILES string of the molecule is CNC(CC(=O)O)C(=O)NC(CC(=O)O)C(=O)NCC(=O)NCC(=O)NCC(=O)NC(CC(=O)O)C(=O)NC(CC(=O)O)C(=O)NC(CC(=O)O)C(=O)NC(Cc1ccccc1)C(=O)NC(Cc1ccccc1)C(=O)NC(C(N)=O)C(C)C. The van der Waals surface area contributed by atoms with Crippen molar-refractivity contribution in [2.75, 3.05) is 26.7 Å². The molecule has 0 aromatic heterocycles. The van der Waals surface area contributed by atoms with E-state index < -0.39 is 201 Å². The number of carboxylic acids is 5. The number of amides is 11. The molecule has 2 aromatic carbocycles. The molecular weight excluding hydrogens is 1100 g/mol. The number of benzene rings is 2. The van der Waals surface area contributed by atoms with Crippen LogP contribution in [0.15, 0.2) is 60.7 Å². The van der Waals surface area contributed by atoms with Gasteiger partial charge in [-0.1, -0.05) is 74.5 Å². The molecule has 2 rings (SSSR count). The maximum Gasteiger partial charge on any atom is 0.305 e. The minimum atomic E-state index is -2.22. The molecule has 0 saturated carbocycles. The van der Waals surface area contributed by atoms with Crippen molar-refractivity contribution < 1.29 is 102 Å². The van der Waals surface area contributed by atoms with E-state index in [0.717, 1.165) is 0 Å². The molecule has 2 aromatic rings. The molecule has 0 radical (unpaired) electrons. The van der Waals surface area contributed by atoms with Crippen LogP contribution in [-0.4, -0.2) is 195 Å². The summed E-state index contributed by atoms with van der Waals surface area (Å²) in [6.45, 7) is 0.448. The molecule has 83 heavy (non-hydrogen) atoms. The van der Waals surface area contributed by atoms with Gasteiger partial charge in [0.1, 0.15) is 42.3 Å². The van der Waals surface area contributed by atoms with Crippen LogP contribution in [-0.2, 0) is 89.6 Å². The molecule has 18 N–H and O–H groups in total.